The zero-order valence-corrected chi connectivity index (χ0v) is 14.1. The lowest BCUT2D eigenvalue weighted by Crippen LogP contribution is -2.30. The van der Waals surface area contributed by atoms with E-state index in [4.69, 9.17) is 5.84 Å². The normalized spacial score (nSPS) is 12.4. The van der Waals surface area contributed by atoms with Crippen molar-refractivity contribution in [2.24, 2.45) is 5.84 Å². The minimum atomic E-state index is -0.260. The van der Waals surface area contributed by atoms with Gasteiger partial charge >= 0.3 is 0 Å². The second kappa shape index (κ2) is 6.80. The molecule has 0 saturated carbocycles. The molecule has 0 fully saturated rings. The van der Waals surface area contributed by atoms with Gasteiger partial charge in [-0.3, -0.25) is 11.3 Å². The average molecular weight is 402 g/mol. The smallest absolute Gasteiger partial charge is 0.137 e. The number of aryl methyl sites for hydroxylation is 1. The van der Waals surface area contributed by atoms with Crippen molar-refractivity contribution >= 4 is 31.9 Å². The van der Waals surface area contributed by atoms with Crippen LogP contribution in [0.15, 0.2) is 45.3 Å². The van der Waals surface area contributed by atoms with Crippen molar-refractivity contribution in [2.75, 3.05) is 0 Å². The van der Waals surface area contributed by atoms with Crippen molar-refractivity contribution in [1.82, 2.24) is 5.43 Å². The molecule has 20 heavy (non-hydrogen) atoms. The highest BCUT2D eigenvalue weighted by Crippen LogP contribution is 2.26. The fourth-order valence-corrected chi connectivity index (χ4v) is 2.95. The van der Waals surface area contributed by atoms with Crippen molar-refractivity contribution < 1.29 is 4.39 Å². The lowest BCUT2D eigenvalue weighted by atomic mass is 9.96. The van der Waals surface area contributed by atoms with E-state index in [0.29, 0.717) is 10.9 Å². The maximum atomic E-state index is 13.3. The summed E-state index contributed by atoms with van der Waals surface area (Å²) in [5.41, 5.74) is 6.14. The predicted octanol–water partition coefficient (Wildman–Crippen LogP) is 4.41. The third kappa shape index (κ3) is 3.67. The molecule has 0 spiro atoms. The molecule has 0 aromatic heterocycles. The van der Waals surface area contributed by atoms with Gasteiger partial charge in [0.2, 0.25) is 0 Å². The molecular formula is C15H15Br2FN2. The Morgan fingerprint density at radius 3 is 2.60 bits per heavy atom. The summed E-state index contributed by atoms with van der Waals surface area (Å²) in [7, 11) is 0. The van der Waals surface area contributed by atoms with Crippen LogP contribution in [-0.2, 0) is 6.42 Å². The number of nitrogens with one attached hydrogen (secondary N) is 1. The number of hydrogen-bond donors (Lipinski definition) is 2. The Kier molecular flexibility index (Phi) is 5.32. The molecule has 106 valence electrons. The quantitative estimate of drug-likeness (QED) is 0.588. The molecule has 2 aromatic carbocycles. The van der Waals surface area contributed by atoms with E-state index in [9.17, 15) is 4.39 Å². The molecule has 0 bridgehead atoms. The maximum absolute atomic E-state index is 13.3. The Hall–Kier alpha value is -0.750. The van der Waals surface area contributed by atoms with Gasteiger partial charge in [0.15, 0.2) is 0 Å². The number of benzene rings is 2. The number of rotatable bonds is 4. The molecule has 0 amide bonds. The van der Waals surface area contributed by atoms with Crippen molar-refractivity contribution in [1.29, 1.82) is 0 Å². The van der Waals surface area contributed by atoms with Gasteiger partial charge < -0.3 is 0 Å². The highest BCUT2D eigenvalue weighted by molar-refractivity contribution is 9.10. The second-order valence-electron chi connectivity index (χ2n) is 4.67. The molecule has 1 unspecified atom stereocenters. The first-order valence-electron chi connectivity index (χ1n) is 6.17. The minimum Gasteiger partial charge on any atom is -0.271 e. The summed E-state index contributed by atoms with van der Waals surface area (Å²) in [6, 6.07) is 11.1. The SMILES string of the molecule is Cc1ccc(Br)cc1C(Cc1ccc(F)c(Br)c1)NN. The fourth-order valence-electron chi connectivity index (χ4n) is 2.15. The minimum absolute atomic E-state index is 0.0233. The zero-order valence-electron chi connectivity index (χ0n) is 11.0. The molecular weight excluding hydrogens is 387 g/mol. The topological polar surface area (TPSA) is 38.0 Å². The first kappa shape index (κ1) is 15.6. The van der Waals surface area contributed by atoms with E-state index in [1.54, 1.807) is 12.1 Å². The highest BCUT2D eigenvalue weighted by atomic mass is 79.9. The van der Waals surface area contributed by atoms with Crippen molar-refractivity contribution in [3.8, 4) is 0 Å². The van der Waals surface area contributed by atoms with Gasteiger partial charge in [0.25, 0.3) is 0 Å². The number of hydrogen-bond acceptors (Lipinski definition) is 2. The van der Waals surface area contributed by atoms with Gasteiger partial charge in [0.1, 0.15) is 5.82 Å². The first-order chi connectivity index (χ1) is 9.51. The summed E-state index contributed by atoms with van der Waals surface area (Å²) in [6.07, 6.45) is 0.687. The Morgan fingerprint density at radius 1 is 1.20 bits per heavy atom. The van der Waals surface area contributed by atoms with Crippen LogP contribution in [0.5, 0.6) is 0 Å². The monoisotopic (exact) mass is 400 g/mol. The van der Waals surface area contributed by atoms with Crippen LogP contribution in [0.1, 0.15) is 22.7 Å². The molecule has 2 aromatic rings. The van der Waals surface area contributed by atoms with E-state index in [1.807, 2.05) is 19.1 Å². The lowest BCUT2D eigenvalue weighted by Gasteiger charge is -2.19. The number of nitrogens with two attached hydrogens (primary N) is 1. The third-order valence-electron chi connectivity index (χ3n) is 3.24. The van der Waals surface area contributed by atoms with Gasteiger partial charge in [-0.05, 0) is 70.2 Å². The first-order valence-corrected chi connectivity index (χ1v) is 7.76. The van der Waals surface area contributed by atoms with Gasteiger partial charge in [0, 0.05) is 4.47 Å². The van der Waals surface area contributed by atoms with Crippen LogP contribution in [0.4, 0.5) is 4.39 Å². The summed E-state index contributed by atoms with van der Waals surface area (Å²) >= 11 is 6.68. The molecule has 5 heteroatoms. The summed E-state index contributed by atoms with van der Waals surface area (Å²) in [4.78, 5) is 0. The molecule has 0 aliphatic rings. The Bertz CT molecular complexity index is 617. The lowest BCUT2D eigenvalue weighted by molar-refractivity contribution is 0.547. The summed E-state index contributed by atoms with van der Waals surface area (Å²) in [6.45, 7) is 2.05. The molecule has 0 radical (unpaired) electrons. The van der Waals surface area contributed by atoms with Crippen LogP contribution in [0.25, 0.3) is 0 Å². The maximum Gasteiger partial charge on any atom is 0.137 e. The molecule has 0 heterocycles. The Balaban J connectivity index is 2.28. The molecule has 2 rings (SSSR count). The van der Waals surface area contributed by atoms with Gasteiger partial charge in [-0.15, -0.1) is 0 Å². The molecule has 0 aliphatic carbocycles. The molecule has 1 atom stereocenters. The van der Waals surface area contributed by atoms with Gasteiger partial charge in [-0.2, -0.15) is 0 Å². The predicted molar refractivity (Wildman–Crippen MR) is 86.7 cm³/mol. The number of hydrazine groups is 1. The standard InChI is InChI=1S/C15H15Br2FN2/c1-9-2-4-11(16)8-12(9)15(20-19)7-10-3-5-14(18)13(17)6-10/h2-6,8,15,20H,7,19H2,1H3. The van der Waals surface area contributed by atoms with E-state index in [-0.39, 0.29) is 11.9 Å². The summed E-state index contributed by atoms with van der Waals surface area (Å²) in [5, 5.41) is 0. The molecule has 0 aliphatic heterocycles. The Morgan fingerprint density at radius 2 is 1.95 bits per heavy atom. The average Bonchev–Trinajstić information content (AvgIpc) is 2.43. The van der Waals surface area contributed by atoms with Crippen LogP contribution < -0.4 is 11.3 Å². The van der Waals surface area contributed by atoms with Crippen LogP contribution in [0.3, 0.4) is 0 Å². The van der Waals surface area contributed by atoms with Gasteiger partial charge in [-0.25, -0.2) is 4.39 Å². The van der Waals surface area contributed by atoms with E-state index < -0.39 is 0 Å². The third-order valence-corrected chi connectivity index (χ3v) is 4.34. The van der Waals surface area contributed by atoms with Crippen molar-refractivity contribution in [2.45, 2.75) is 19.4 Å². The van der Waals surface area contributed by atoms with Crippen LogP contribution in [-0.4, -0.2) is 0 Å². The second-order valence-corrected chi connectivity index (χ2v) is 6.44. The van der Waals surface area contributed by atoms with E-state index in [2.05, 4.69) is 43.4 Å². The van der Waals surface area contributed by atoms with Crippen LogP contribution in [0.2, 0.25) is 0 Å². The van der Waals surface area contributed by atoms with E-state index >= 15 is 0 Å². The van der Waals surface area contributed by atoms with E-state index in [1.165, 1.54) is 6.07 Å². The molecule has 3 N–H and O–H groups in total. The van der Waals surface area contributed by atoms with Crippen molar-refractivity contribution in [3.05, 3.63) is 67.9 Å². The van der Waals surface area contributed by atoms with Gasteiger partial charge in [-0.1, -0.05) is 28.1 Å². The van der Waals surface area contributed by atoms with E-state index in [0.717, 1.165) is 21.2 Å². The molecule has 0 saturated heterocycles. The number of halogens is 3. The zero-order chi connectivity index (χ0) is 14.7. The molecule has 2 nitrogen and oxygen atoms in total. The van der Waals surface area contributed by atoms with Crippen molar-refractivity contribution in [3.63, 3.8) is 0 Å². The van der Waals surface area contributed by atoms with Crippen LogP contribution >= 0.6 is 31.9 Å². The summed E-state index contributed by atoms with van der Waals surface area (Å²) < 4.78 is 14.7. The highest BCUT2D eigenvalue weighted by Gasteiger charge is 2.14. The summed E-state index contributed by atoms with van der Waals surface area (Å²) in [5.74, 6) is 5.43. The van der Waals surface area contributed by atoms with Gasteiger partial charge in [0.05, 0.1) is 10.5 Å². The largest absolute Gasteiger partial charge is 0.271 e. The van der Waals surface area contributed by atoms with Crippen LogP contribution in [0, 0.1) is 12.7 Å². The Labute approximate surface area is 134 Å². The fraction of sp³-hybridized carbons (Fsp3) is 0.200.